The molecular formula is C20H32O. The van der Waals surface area contributed by atoms with Crippen LogP contribution in [0.2, 0.25) is 0 Å². The highest BCUT2D eigenvalue weighted by Gasteiger charge is 2.38. The number of rotatable bonds is 5. The van der Waals surface area contributed by atoms with Gasteiger partial charge in [-0.3, -0.25) is 0 Å². The van der Waals surface area contributed by atoms with Crippen molar-refractivity contribution in [1.29, 1.82) is 0 Å². The van der Waals surface area contributed by atoms with E-state index in [1.807, 2.05) is 12.2 Å². The topological polar surface area (TPSA) is 20.2 Å². The van der Waals surface area contributed by atoms with Crippen LogP contribution in [0.15, 0.2) is 48.6 Å². The molecule has 1 aliphatic rings. The van der Waals surface area contributed by atoms with Gasteiger partial charge in [-0.1, -0.05) is 49.0 Å². The van der Waals surface area contributed by atoms with Gasteiger partial charge in [0.15, 0.2) is 0 Å². The average molecular weight is 288 g/mol. The monoisotopic (exact) mass is 288 g/mol. The summed E-state index contributed by atoms with van der Waals surface area (Å²) in [6, 6.07) is 0. The van der Waals surface area contributed by atoms with E-state index in [1.54, 1.807) is 13.8 Å². The summed E-state index contributed by atoms with van der Waals surface area (Å²) in [6.45, 7) is 18.5. The Labute approximate surface area is 131 Å². The molecule has 2 unspecified atom stereocenters. The Bertz CT molecular complexity index is 447. The second-order valence-corrected chi connectivity index (χ2v) is 7.50. The Morgan fingerprint density at radius 3 is 2.43 bits per heavy atom. The van der Waals surface area contributed by atoms with Crippen LogP contribution in [0.5, 0.6) is 0 Å². The van der Waals surface area contributed by atoms with Crippen molar-refractivity contribution in [2.45, 2.75) is 59.5 Å². The smallest absolute Gasteiger partial charge is 0.0774 e. The van der Waals surface area contributed by atoms with E-state index in [-0.39, 0.29) is 5.41 Å². The maximum atomic E-state index is 9.72. The number of hydrogen-bond donors (Lipinski definition) is 1. The lowest BCUT2D eigenvalue weighted by atomic mass is 9.61. The number of aliphatic hydroxyl groups is 1. The average Bonchev–Trinajstić information content (AvgIpc) is 2.37. The van der Waals surface area contributed by atoms with E-state index >= 15 is 0 Å². The normalized spacial score (nSPS) is 31.4. The highest BCUT2D eigenvalue weighted by atomic mass is 16.3. The molecule has 0 spiro atoms. The third kappa shape index (κ3) is 5.00. The highest BCUT2D eigenvalue weighted by molar-refractivity contribution is 5.20. The summed E-state index contributed by atoms with van der Waals surface area (Å²) in [5.74, 6) is 1.11. The zero-order chi connectivity index (χ0) is 16.3. The molecular weight excluding hydrogens is 256 g/mol. The van der Waals surface area contributed by atoms with Gasteiger partial charge in [0.2, 0.25) is 0 Å². The van der Waals surface area contributed by atoms with Crippen LogP contribution in [0.4, 0.5) is 0 Å². The van der Waals surface area contributed by atoms with Gasteiger partial charge in [-0.05, 0) is 64.2 Å². The van der Waals surface area contributed by atoms with Gasteiger partial charge in [-0.2, -0.15) is 0 Å². The van der Waals surface area contributed by atoms with Gasteiger partial charge in [-0.15, -0.1) is 6.58 Å². The molecule has 0 saturated heterocycles. The molecule has 0 aromatic heterocycles. The lowest BCUT2D eigenvalue weighted by Crippen LogP contribution is -2.33. The van der Waals surface area contributed by atoms with Crippen molar-refractivity contribution in [3.8, 4) is 0 Å². The predicted molar refractivity (Wildman–Crippen MR) is 93.1 cm³/mol. The van der Waals surface area contributed by atoms with Crippen molar-refractivity contribution >= 4 is 0 Å². The summed E-state index contributed by atoms with van der Waals surface area (Å²) in [7, 11) is 0. The van der Waals surface area contributed by atoms with Crippen LogP contribution in [0.1, 0.15) is 53.9 Å². The van der Waals surface area contributed by atoms with Crippen LogP contribution in [-0.2, 0) is 0 Å². The first-order valence-corrected chi connectivity index (χ1v) is 7.96. The molecule has 0 aromatic rings. The molecule has 0 heterocycles. The lowest BCUT2D eigenvalue weighted by Gasteiger charge is -2.43. The first-order valence-electron chi connectivity index (χ1n) is 7.96. The fourth-order valence-corrected chi connectivity index (χ4v) is 3.32. The first kappa shape index (κ1) is 18.0. The molecule has 1 heteroatoms. The minimum atomic E-state index is -0.745. The quantitative estimate of drug-likeness (QED) is 0.527. The van der Waals surface area contributed by atoms with Crippen molar-refractivity contribution < 1.29 is 5.11 Å². The molecule has 21 heavy (non-hydrogen) atoms. The maximum absolute atomic E-state index is 9.72. The van der Waals surface area contributed by atoms with E-state index in [0.717, 1.165) is 6.42 Å². The van der Waals surface area contributed by atoms with Crippen molar-refractivity contribution in [1.82, 2.24) is 0 Å². The van der Waals surface area contributed by atoms with Gasteiger partial charge in [0.25, 0.3) is 0 Å². The van der Waals surface area contributed by atoms with Gasteiger partial charge in [0.1, 0.15) is 0 Å². The zero-order valence-electron chi connectivity index (χ0n) is 14.4. The van der Waals surface area contributed by atoms with Crippen LogP contribution < -0.4 is 0 Å². The van der Waals surface area contributed by atoms with Gasteiger partial charge >= 0.3 is 0 Å². The summed E-state index contributed by atoms with van der Waals surface area (Å²) in [5, 5.41) is 9.72. The molecule has 3 atom stereocenters. The van der Waals surface area contributed by atoms with E-state index in [1.165, 1.54) is 24.0 Å². The molecule has 0 amide bonds. The molecule has 118 valence electrons. The lowest BCUT2D eigenvalue weighted by molar-refractivity contribution is 0.133. The fraction of sp³-hybridized carbons (Fsp3) is 0.600. The van der Waals surface area contributed by atoms with E-state index < -0.39 is 5.60 Å². The second kappa shape index (κ2) is 6.79. The molecule has 1 nitrogen and oxygen atoms in total. The second-order valence-electron chi connectivity index (χ2n) is 7.50. The third-order valence-corrected chi connectivity index (χ3v) is 4.92. The standard InChI is InChI=1S/C20H32O/c1-8-20(7)13-11-17(14-18(20)15(2)3)16(4)10-9-12-19(5,6)21/h8-10,12,17-18,21H,1-2,11,13-14H2,3-7H3/t17?,18?,20-/m0/s1. The van der Waals surface area contributed by atoms with E-state index in [2.05, 4.69) is 46.1 Å². The molecule has 0 bridgehead atoms. The molecule has 0 aromatic carbocycles. The number of hydrogen-bond acceptors (Lipinski definition) is 1. The van der Waals surface area contributed by atoms with Gasteiger partial charge in [-0.25, -0.2) is 0 Å². The Morgan fingerprint density at radius 1 is 1.33 bits per heavy atom. The summed E-state index contributed by atoms with van der Waals surface area (Å²) in [5.41, 5.74) is 2.10. The molecule has 0 radical (unpaired) electrons. The predicted octanol–water partition coefficient (Wildman–Crippen LogP) is 5.44. The first-order chi connectivity index (χ1) is 9.59. The van der Waals surface area contributed by atoms with E-state index in [9.17, 15) is 5.11 Å². The summed E-state index contributed by atoms with van der Waals surface area (Å²) in [4.78, 5) is 0. The molecule has 1 fully saturated rings. The zero-order valence-corrected chi connectivity index (χ0v) is 14.4. The summed E-state index contributed by atoms with van der Waals surface area (Å²) < 4.78 is 0. The summed E-state index contributed by atoms with van der Waals surface area (Å²) in [6.07, 6.45) is 11.6. The highest BCUT2D eigenvalue weighted by Crippen LogP contribution is 2.48. The van der Waals surface area contributed by atoms with E-state index in [4.69, 9.17) is 0 Å². The Kier molecular flexibility index (Phi) is 5.81. The summed E-state index contributed by atoms with van der Waals surface area (Å²) >= 11 is 0. The largest absolute Gasteiger partial charge is 0.386 e. The third-order valence-electron chi connectivity index (χ3n) is 4.92. The van der Waals surface area contributed by atoms with Crippen LogP contribution in [-0.4, -0.2) is 10.7 Å². The molecule has 1 aliphatic carbocycles. The molecule has 0 aliphatic heterocycles. The van der Waals surface area contributed by atoms with Crippen molar-refractivity contribution in [2.24, 2.45) is 17.3 Å². The van der Waals surface area contributed by atoms with Crippen molar-refractivity contribution in [3.05, 3.63) is 48.6 Å². The van der Waals surface area contributed by atoms with Gasteiger partial charge < -0.3 is 5.11 Å². The Hall–Kier alpha value is -1.08. The minimum Gasteiger partial charge on any atom is -0.386 e. The van der Waals surface area contributed by atoms with Crippen molar-refractivity contribution in [2.75, 3.05) is 0 Å². The molecule has 1 rings (SSSR count). The molecule has 1 N–H and O–H groups in total. The van der Waals surface area contributed by atoms with Crippen LogP contribution in [0.3, 0.4) is 0 Å². The maximum Gasteiger partial charge on any atom is 0.0774 e. The fourth-order valence-electron chi connectivity index (χ4n) is 3.32. The SMILES string of the molecule is C=C[C@@]1(C)CCC(C(C)=CC=CC(C)(C)O)CC1C(=C)C. The Morgan fingerprint density at radius 2 is 1.95 bits per heavy atom. The van der Waals surface area contributed by atoms with Crippen LogP contribution >= 0.6 is 0 Å². The van der Waals surface area contributed by atoms with Gasteiger partial charge in [0.05, 0.1) is 5.60 Å². The van der Waals surface area contributed by atoms with E-state index in [0.29, 0.717) is 11.8 Å². The van der Waals surface area contributed by atoms with Crippen molar-refractivity contribution in [3.63, 3.8) is 0 Å². The number of allylic oxidation sites excluding steroid dienone is 5. The van der Waals surface area contributed by atoms with Crippen LogP contribution in [0, 0.1) is 17.3 Å². The Balaban J connectivity index is 2.83. The van der Waals surface area contributed by atoms with Crippen LogP contribution in [0.25, 0.3) is 0 Å². The van der Waals surface area contributed by atoms with Gasteiger partial charge in [0, 0.05) is 0 Å². The minimum absolute atomic E-state index is 0.186. The molecule has 1 saturated carbocycles.